The van der Waals surface area contributed by atoms with Crippen LogP contribution in [0.5, 0.6) is 0 Å². The third-order valence-corrected chi connectivity index (χ3v) is 8.06. The van der Waals surface area contributed by atoms with Gasteiger partial charge in [0.1, 0.15) is 0 Å². The number of carbonyl (C=O) groups is 1. The standard InChI is InChI=1S/C35H61N2O2/c1-6-7-8-9-10-11-12-13-14-15-16-17-18-19-20-21-22-23-24-25-26-27-28-29-33(38)36-32-30-34(2,3)37(39)35(4,5)31-32/h32H,6-16,21-31H2,1-5H3,(H,36,38). The normalized spacial score (nSPS) is 16.7. The zero-order chi connectivity index (χ0) is 28.8. The average Bonchev–Trinajstić information content (AvgIpc) is 2.87. The number of rotatable bonds is 20. The Morgan fingerprint density at radius 1 is 0.667 bits per heavy atom. The SMILES string of the molecule is CCCCCCCCCCCCC#CC#CCCCCCCCCCC(=O)NC1CC(C)(C)N([O])C(C)(C)C1. The molecule has 4 nitrogen and oxygen atoms in total. The molecule has 39 heavy (non-hydrogen) atoms. The van der Waals surface area contributed by atoms with E-state index >= 15 is 0 Å². The highest BCUT2D eigenvalue weighted by molar-refractivity contribution is 5.76. The molecule has 1 heterocycles. The maximum atomic E-state index is 12.5. The Kier molecular flexibility index (Phi) is 19.4. The lowest BCUT2D eigenvalue weighted by Crippen LogP contribution is -2.62. The van der Waals surface area contributed by atoms with Crippen LogP contribution < -0.4 is 5.32 Å². The molecule has 223 valence electrons. The molecule has 0 bridgehead atoms. The van der Waals surface area contributed by atoms with Gasteiger partial charge in [0.2, 0.25) is 5.91 Å². The first-order valence-electron chi connectivity index (χ1n) is 16.4. The van der Waals surface area contributed by atoms with Crippen molar-refractivity contribution in [3.8, 4) is 23.7 Å². The van der Waals surface area contributed by atoms with E-state index in [0.29, 0.717) is 19.3 Å². The number of nitrogens with one attached hydrogen (secondary N) is 1. The molecule has 1 rings (SSSR count). The molecule has 1 aliphatic heterocycles. The summed E-state index contributed by atoms with van der Waals surface area (Å²) in [6, 6.07) is 0.0892. The fourth-order valence-corrected chi connectivity index (χ4v) is 5.96. The van der Waals surface area contributed by atoms with E-state index in [-0.39, 0.29) is 11.9 Å². The molecule has 0 atom stereocenters. The molecule has 4 heteroatoms. The topological polar surface area (TPSA) is 52.2 Å². The van der Waals surface area contributed by atoms with Crippen molar-refractivity contribution in [3.05, 3.63) is 0 Å². The van der Waals surface area contributed by atoms with Gasteiger partial charge in [0.05, 0.1) is 0 Å². The molecule has 0 aromatic carbocycles. The van der Waals surface area contributed by atoms with Crippen molar-refractivity contribution >= 4 is 5.91 Å². The third kappa shape index (κ3) is 17.7. The Hall–Kier alpha value is -1.49. The zero-order valence-corrected chi connectivity index (χ0v) is 26.4. The maximum Gasteiger partial charge on any atom is 0.220 e. The van der Waals surface area contributed by atoms with Crippen LogP contribution in [0.25, 0.3) is 0 Å². The molecule has 0 unspecified atom stereocenters. The van der Waals surface area contributed by atoms with E-state index in [1.165, 1.54) is 95.0 Å². The van der Waals surface area contributed by atoms with Crippen molar-refractivity contribution in [1.82, 2.24) is 10.4 Å². The molecular formula is C35H61N2O2. The van der Waals surface area contributed by atoms with Gasteiger partial charge in [-0.25, -0.2) is 0 Å². The summed E-state index contributed by atoms with van der Waals surface area (Å²) in [4.78, 5) is 12.4. The summed E-state index contributed by atoms with van der Waals surface area (Å²) in [5.74, 6) is 12.6. The van der Waals surface area contributed by atoms with Gasteiger partial charge in [0, 0.05) is 36.4 Å². The summed E-state index contributed by atoms with van der Waals surface area (Å²) in [5.41, 5.74) is -0.879. The Morgan fingerprint density at radius 3 is 1.49 bits per heavy atom. The summed E-state index contributed by atoms with van der Waals surface area (Å²) >= 11 is 0. The summed E-state index contributed by atoms with van der Waals surface area (Å²) in [6.07, 6.45) is 25.7. The number of carbonyl (C=O) groups excluding carboxylic acids is 1. The monoisotopic (exact) mass is 541 g/mol. The Bertz CT molecular complexity index is 747. The summed E-state index contributed by atoms with van der Waals surface area (Å²) in [6.45, 7) is 10.2. The second-order valence-corrected chi connectivity index (χ2v) is 13.1. The number of amides is 1. The molecule has 0 aliphatic carbocycles. The van der Waals surface area contributed by atoms with Crippen LogP contribution in [-0.2, 0) is 10.0 Å². The lowest BCUT2D eigenvalue weighted by molar-refractivity contribution is -0.290. The summed E-state index contributed by atoms with van der Waals surface area (Å²) in [5, 5.41) is 16.9. The van der Waals surface area contributed by atoms with Crippen molar-refractivity contribution in [2.45, 2.75) is 193 Å². The van der Waals surface area contributed by atoms with Crippen LogP contribution in [0.4, 0.5) is 0 Å². The molecule has 0 aromatic rings. The van der Waals surface area contributed by atoms with Crippen LogP contribution in [0.2, 0.25) is 0 Å². The first kappa shape index (κ1) is 35.5. The quantitative estimate of drug-likeness (QED) is 0.123. The molecule has 1 amide bonds. The molecule has 0 spiro atoms. The van der Waals surface area contributed by atoms with E-state index in [0.717, 1.165) is 32.1 Å². The number of nitrogens with zero attached hydrogens (tertiary/aromatic N) is 1. The van der Waals surface area contributed by atoms with Crippen LogP contribution in [0.15, 0.2) is 0 Å². The number of hydrogen-bond donors (Lipinski definition) is 1. The van der Waals surface area contributed by atoms with Gasteiger partial charge in [0.15, 0.2) is 0 Å². The van der Waals surface area contributed by atoms with Gasteiger partial charge in [-0.15, -0.1) is 10.3 Å². The largest absolute Gasteiger partial charge is 0.353 e. The highest BCUT2D eigenvalue weighted by Crippen LogP contribution is 2.37. The highest BCUT2D eigenvalue weighted by Gasteiger charge is 2.46. The Morgan fingerprint density at radius 2 is 1.05 bits per heavy atom. The lowest BCUT2D eigenvalue weighted by atomic mass is 9.79. The zero-order valence-electron chi connectivity index (χ0n) is 26.4. The van der Waals surface area contributed by atoms with Gasteiger partial charge in [-0.1, -0.05) is 109 Å². The van der Waals surface area contributed by atoms with Gasteiger partial charge in [-0.3, -0.25) is 4.79 Å². The van der Waals surface area contributed by atoms with Crippen molar-refractivity contribution in [2.24, 2.45) is 0 Å². The van der Waals surface area contributed by atoms with Gasteiger partial charge in [-0.05, 0) is 71.6 Å². The number of unbranched alkanes of at least 4 members (excludes halogenated alkanes) is 17. The van der Waals surface area contributed by atoms with E-state index in [2.05, 4.69) is 35.9 Å². The van der Waals surface area contributed by atoms with Gasteiger partial charge >= 0.3 is 0 Å². The van der Waals surface area contributed by atoms with Gasteiger partial charge in [-0.2, -0.15) is 0 Å². The number of hydrogen-bond acceptors (Lipinski definition) is 2. The molecule has 0 aromatic heterocycles. The minimum absolute atomic E-state index is 0.0892. The molecule has 1 N–H and O–H groups in total. The van der Waals surface area contributed by atoms with Gasteiger partial charge in [0.25, 0.3) is 0 Å². The first-order chi connectivity index (χ1) is 18.7. The minimum Gasteiger partial charge on any atom is -0.353 e. The van der Waals surface area contributed by atoms with Gasteiger partial charge < -0.3 is 5.32 Å². The summed E-state index contributed by atoms with van der Waals surface area (Å²) in [7, 11) is 0. The van der Waals surface area contributed by atoms with E-state index in [1.807, 2.05) is 27.7 Å². The average molecular weight is 542 g/mol. The van der Waals surface area contributed by atoms with Crippen LogP contribution >= 0.6 is 0 Å². The van der Waals surface area contributed by atoms with E-state index in [1.54, 1.807) is 0 Å². The van der Waals surface area contributed by atoms with E-state index < -0.39 is 11.1 Å². The molecular weight excluding hydrogens is 480 g/mol. The Balaban J connectivity index is 1.91. The summed E-state index contributed by atoms with van der Waals surface area (Å²) < 4.78 is 0. The van der Waals surface area contributed by atoms with Crippen molar-refractivity contribution in [1.29, 1.82) is 0 Å². The van der Waals surface area contributed by atoms with Crippen LogP contribution in [0.3, 0.4) is 0 Å². The second kappa shape index (κ2) is 21.3. The predicted octanol–water partition coefficient (Wildman–Crippen LogP) is 9.30. The smallest absolute Gasteiger partial charge is 0.220 e. The second-order valence-electron chi connectivity index (χ2n) is 13.1. The van der Waals surface area contributed by atoms with Crippen molar-refractivity contribution in [3.63, 3.8) is 0 Å². The lowest BCUT2D eigenvalue weighted by Gasteiger charge is -2.50. The molecule has 1 aliphatic rings. The Labute approximate surface area is 242 Å². The van der Waals surface area contributed by atoms with Crippen LogP contribution in [-0.4, -0.2) is 28.1 Å². The molecule has 1 radical (unpaired) electrons. The van der Waals surface area contributed by atoms with Crippen LogP contribution in [0, 0.1) is 23.7 Å². The molecule has 0 saturated carbocycles. The van der Waals surface area contributed by atoms with E-state index in [4.69, 9.17) is 0 Å². The van der Waals surface area contributed by atoms with E-state index in [9.17, 15) is 10.0 Å². The molecule has 1 saturated heterocycles. The fourth-order valence-electron chi connectivity index (χ4n) is 5.96. The predicted molar refractivity (Wildman–Crippen MR) is 165 cm³/mol. The maximum absolute atomic E-state index is 12.5. The fraction of sp³-hybridized carbons (Fsp3) is 0.857. The molecule has 1 fully saturated rings. The highest BCUT2D eigenvalue weighted by atomic mass is 16.5. The number of piperidine rings is 1. The number of hydroxylamine groups is 2. The van der Waals surface area contributed by atoms with Crippen LogP contribution in [0.1, 0.15) is 176 Å². The first-order valence-corrected chi connectivity index (χ1v) is 16.4. The minimum atomic E-state index is -0.440. The van der Waals surface area contributed by atoms with Crippen molar-refractivity contribution in [2.75, 3.05) is 0 Å². The van der Waals surface area contributed by atoms with Crippen molar-refractivity contribution < 1.29 is 10.0 Å². The third-order valence-electron chi connectivity index (χ3n) is 8.06.